The zero-order chi connectivity index (χ0) is 12.7. The van der Waals surface area contributed by atoms with Gasteiger partial charge < -0.3 is 9.64 Å². The third-order valence-electron chi connectivity index (χ3n) is 3.58. The Morgan fingerprint density at radius 3 is 2.72 bits per heavy atom. The molecule has 3 rings (SSSR count). The van der Waals surface area contributed by atoms with E-state index >= 15 is 0 Å². The molecule has 3 nitrogen and oxygen atoms in total. The number of ether oxygens (including phenoxy) is 1. The molecule has 1 saturated carbocycles. The van der Waals surface area contributed by atoms with Crippen LogP contribution in [-0.4, -0.2) is 30.5 Å². The number of rotatable bonds is 3. The minimum absolute atomic E-state index is 0.0354. The predicted octanol–water partition coefficient (Wildman–Crippen LogP) is 2.85. The van der Waals surface area contributed by atoms with Gasteiger partial charge in [-0.05, 0) is 36.5 Å². The number of fused-ring (bicyclic) bond motifs is 1. The van der Waals surface area contributed by atoms with E-state index in [4.69, 9.17) is 27.9 Å². The molecule has 2 unspecified atom stereocenters. The van der Waals surface area contributed by atoms with Crippen LogP contribution >= 0.6 is 23.2 Å². The number of likely N-dealkylation sites (tertiary alicyclic amines) is 1. The van der Waals surface area contributed by atoms with Gasteiger partial charge in [0, 0.05) is 18.1 Å². The maximum Gasteiger partial charge on any atom is 0.260 e. The molecule has 1 aromatic rings. The van der Waals surface area contributed by atoms with Crippen molar-refractivity contribution in [3.8, 4) is 5.75 Å². The molecule has 2 aliphatic rings. The zero-order valence-corrected chi connectivity index (χ0v) is 11.2. The van der Waals surface area contributed by atoms with E-state index in [1.807, 2.05) is 4.90 Å². The topological polar surface area (TPSA) is 29.5 Å². The molecule has 5 heteroatoms. The number of hydrogen-bond donors (Lipinski definition) is 0. The van der Waals surface area contributed by atoms with Gasteiger partial charge in [0.1, 0.15) is 5.75 Å². The average molecular weight is 286 g/mol. The van der Waals surface area contributed by atoms with Crippen molar-refractivity contribution < 1.29 is 9.53 Å². The van der Waals surface area contributed by atoms with Crippen LogP contribution in [0.25, 0.3) is 0 Å². The number of hydrogen-bond acceptors (Lipinski definition) is 2. The molecule has 0 aromatic heterocycles. The Morgan fingerprint density at radius 1 is 1.33 bits per heavy atom. The van der Waals surface area contributed by atoms with Crippen LogP contribution in [0.15, 0.2) is 18.2 Å². The highest BCUT2D eigenvalue weighted by Crippen LogP contribution is 2.44. The standard InChI is InChI=1S/C13H13Cl2NO2/c14-10-1-2-12(11(15)4-10)18-7-13(17)16-5-8-3-9(8)6-16/h1-2,4,8-9H,3,5-7H2. The third-order valence-corrected chi connectivity index (χ3v) is 4.11. The smallest absolute Gasteiger partial charge is 0.260 e. The van der Waals surface area contributed by atoms with Gasteiger partial charge >= 0.3 is 0 Å². The van der Waals surface area contributed by atoms with E-state index in [0.29, 0.717) is 15.8 Å². The normalized spacial score (nSPS) is 24.9. The van der Waals surface area contributed by atoms with Crippen molar-refractivity contribution >= 4 is 29.1 Å². The molecular formula is C13H13Cl2NO2. The highest BCUT2D eigenvalue weighted by molar-refractivity contribution is 6.35. The van der Waals surface area contributed by atoms with Gasteiger partial charge in [0.25, 0.3) is 5.91 Å². The number of nitrogens with zero attached hydrogens (tertiary/aromatic N) is 1. The molecule has 18 heavy (non-hydrogen) atoms. The van der Waals surface area contributed by atoms with E-state index in [-0.39, 0.29) is 12.5 Å². The fraction of sp³-hybridized carbons (Fsp3) is 0.462. The molecule has 2 atom stereocenters. The van der Waals surface area contributed by atoms with Crippen molar-refractivity contribution in [1.82, 2.24) is 4.90 Å². The molecule has 1 saturated heterocycles. The van der Waals surface area contributed by atoms with E-state index in [2.05, 4.69) is 0 Å². The van der Waals surface area contributed by atoms with Crippen LogP contribution in [0.4, 0.5) is 0 Å². The van der Waals surface area contributed by atoms with Gasteiger partial charge in [-0.3, -0.25) is 4.79 Å². The van der Waals surface area contributed by atoms with E-state index in [1.165, 1.54) is 6.42 Å². The Morgan fingerprint density at radius 2 is 2.06 bits per heavy atom. The summed E-state index contributed by atoms with van der Waals surface area (Å²) in [7, 11) is 0. The summed E-state index contributed by atoms with van der Waals surface area (Å²) < 4.78 is 5.43. The van der Waals surface area contributed by atoms with Crippen molar-refractivity contribution in [3.05, 3.63) is 28.2 Å². The summed E-state index contributed by atoms with van der Waals surface area (Å²) in [6.45, 7) is 1.82. The summed E-state index contributed by atoms with van der Waals surface area (Å²) in [5.41, 5.74) is 0. The number of piperidine rings is 1. The first-order chi connectivity index (χ1) is 8.63. The molecular weight excluding hydrogens is 273 g/mol. The van der Waals surface area contributed by atoms with Crippen LogP contribution in [0, 0.1) is 11.8 Å². The van der Waals surface area contributed by atoms with Crippen LogP contribution in [0.5, 0.6) is 5.75 Å². The largest absolute Gasteiger partial charge is 0.482 e. The fourth-order valence-electron chi connectivity index (χ4n) is 2.42. The number of carbonyl (C=O) groups excluding carboxylic acids is 1. The van der Waals surface area contributed by atoms with Gasteiger partial charge in [-0.15, -0.1) is 0 Å². The minimum Gasteiger partial charge on any atom is -0.482 e. The quantitative estimate of drug-likeness (QED) is 0.855. The second-order valence-electron chi connectivity index (χ2n) is 4.92. The maximum absolute atomic E-state index is 11.9. The lowest BCUT2D eigenvalue weighted by molar-refractivity contribution is -0.132. The van der Waals surface area contributed by atoms with Crippen LogP contribution in [-0.2, 0) is 4.79 Å². The monoisotopic (exact) mass is 285 g/mol. The summed E-state index contributed by atoms with van der Waals surface area (Å²) in [6.07, 6.45) is 1.29. The molecule has 0 spiro atoms. The molecule has 1 amide bonds. The van der Waals surface area contributed by atoms with E-state index in [9.17, 15) is 4.79 Å². The molecule has 1 aromatic carbocycles. The SMILES string of the molecule is O=C(COc1ccc(Cl)cc1Cl)N1CC2CC2C1. The number of carbonyl (C=O) groups is 1. The van der Waals surface area contributed by atoms with Crippen molar-refractivity contribution in [2.75, 3.05) is 19.7 Å². The van der Waals surface area contributed by atoms with Gasteiger partial charge in [0.05, 0.1) is 5.02 Å². The molecule has 0 N–H and O–H groups in total. The number of benzene rings is 1. The summed E-state index contributed by atoms with van der Waals surface area (Å²) in [6, 6.07) is 4.98. The molecule has 0 bridgehead atoms. The first-order valence-corrected chi connectivity index (χ1v) is 6.74. The number of halogens is 2. The van der Waals surface area contributed by atoms with E-state index in [0.717, 1.165) is 24.9 Å². The fourth-order valence-corrected chi connectivity index (χ4v) is 2.89. The van der Waals surface area contributed by atoms with Crippen molar-refractivity contribution in [1.29, 1.82) is 0 Å². The Labute approximate surface area is 116 Å². The minimum atomic E-state index is 0.0354. The Hall–Kier alpha value is -0.930. The average Bonchev–Trinajstić information content (AvgIpc) is 2.95. The van der Waals surface area contributed by atoms with E-state index < -0.39 is 0 Å². The van der Waals surface area contributed by atoms with E-state index in [1.54, 1.807) is 18.2 Å². The second kappa shape index (κ2) is 4.63. The summed E-state index contributed by atoms with van der Waals surface area (Å²) in [5, 5.41) is 0.984. The Kier molecular flexibility index (Phi) is 3.12. The molecule has 0 radical (unpaired) electrons. The number of amides is 1. The van der Waals surface area contributed by atoms with Gasteiger partial charge in [-0.2, -0.15) is 0 Å². The first-order valence-electron chi connectivity index (χ1n) is 5.99. The summed E-state index contributed by atoms with van der Waals surface area (Å²) in [4.78, 5) is 13.8. The lowest BCUT2D eigenvalue weighted by Crippen LogP contribution is -2.34. The van der Waals surface area contributed by atoms with Crippen molar-refractivity contribution in [2.24, 2.45) is 11.8 Å². The lowest BCUT2D eigenvalue weighted by atomic mass is 10.3. The second-order valence-corrected chi connectivity index (χ2v) is 5.76. The molecule has 96 valence electrons. The van der Waals surface area contributed by atoms with Crippen LogP contribution in [0.1, 0.15) is 6.42 Å². The summed E-state index contributed by atoms with van der Waals surface area (Å²) in [5.74, 6) is 2.02. The summed E-state index contributed by atoms with van der Waals surface area (Å²) >= 11 is 11.8. The van der Waals surface area contributed by atoms with Crippen LogP contribution < -0.4 is 4.74 Å². The highest BCUT2D eigenvalue weighted by atomic mass is 35.5. The van der Waals surface area contributed by atoms with Gasteiger partial charge in [0.15, 0.2) is 6.61 Å². The van der Waals surface area contributed by atoms with Crippen LogP contribution in [0.2, 0.25) is 10.0 Å². The van der Waals surface area contributed by atoms with Crippen molar-refractivity contribution in [3.63, 3.8) is 0 Å². The first kappa shape index (κ1) is 12.1. The molecule has 1 heterocycles. The molecule has 2 fully saturated rings. The molecule has 1 aliphatic carbocycles. The van der Waals surface area contributed by atoms with Crippen molar-refractivity contribution in [2.45, 2.75) is 6.42 Å². The Balaban J connectivity index is 1.55. The highest BCUT2D eigenvalue weighted by Gasteiger charge is 2.46. The predicted molar refractivity (Wildman–Crippen MR) is 70.1 cm³/mol. The third kappa shape index (κ3) is 2.43. The lowest BCUT2D eigenvalue weighted by Gasteiger charge is -2.18. The van der Waals surface area contributed by atoms with Gasteiger partial charge in [-0.25, -0.2) is 0 Å². The van der Waals surface area contributed by atoms with Gasteiger partial charge in [-0.1, -0.05) is 23.2 Å². The maximum atomic E-state index is 11.9. The van der Waals surface area contributed by atoms with Gasteiger partial charge in [0.2, 0.25) is 0 Å². The molecule has 1 aliphatic heterocycles. The van der Waals surface area contributed by atoms with Crippen LogP contribution in [0.3, 0.4) is 0 Å². The zero-order valence-electron chi connectivity index (χ0n) is 9.73. The Bertz CT molecular complexity index is 482.